The molecule has 2 aromatic carbocycles. The number of ether oxygens (including phenoxy) is 1. The predicted molar refractivity (Wildman–Crippen MR) is 140 cm³/mol. The molecule has 40 heavy (non-hydrogen) atoms. The number of amides is 1. The molecule has 0 aliphatic carbocycles. The number of hydrogen-bond donors (Lipinski definition) is 0. The third-order valence-electron chi connectivity index (χ3n) is 7.19. The van der Waals surface area contributed by atoms with Crippen LogP contribution in [0.25, 0.3) is 11.3 Å². The Labute approximate surface area is 230 Å². The Bertz CT molecular complexity index is 1400. The number of hydrogen-bond acceptors (Lipinski definition) is 6. The van der Waals surface area contributed by atoms with Crippen molar-refractivity contribution in [3.05, 3.63) is 71.7 Å². The van der Waals surface area contributed by atoms with Crippen LogP contribution in [0.2, 0.25) is 0 Å². The monoisotopic (exact) mass is 556 g/mol. The van der Waals surface area contributed by atoms with Crippen LogP contribution in [0.1, 0.15) is 45.6 Å². The molecule has 8 nitrogen and oxygen atoms in total. The molecule has 3 aromatic rings. The van der Waals surface area contributed by atoms with E-state index >= 15 is 0 Å². The van der Waals surface area contributed by atoms with E-state index < -0.39 is 23.1 Å². The fraction of sp³-hybridized carbons (Fsp3) is 0.414. The molecule has 2 fully saturated rings. The fourth-order valence-electron chi connectivity index (χ4n) is 5.12. The average molecular weight is 557 g/mol. The van der Waals surface area contributed by atoms with Gasteiger partial charge in [-0.25, -0.2) is 18.0 Å². The van der Waals surface area contributed by atoms with E-state index in [0.29, 0.717) is 31.7 Å². The molecule has 2 saturated heterocycles. The molecule has 2 aliphatic rings. The summed E-state index contributed by atoms with van der Waals surface area (Å²) in [7, 11) is 0. The second kappa shape index (κ2) is 11.7. The molecule has 5 rings (SSSR count). The largest absolute Gasteiger partial charge is 0.441 e. The van der Waals surface area contributed by atoms with Gasteiger partial charge in [0.05, 0.1) is 17.8 Å². The Morgan fingerprint density at radius 2 is 1.70 bits per heavy atom. The zero-order chi connectivity index (χ0) is 29.1. The maximum atomic E-state index is 14.8. The molecule has 1 atom stereocenters. The first-order valence-electron chi connectivity index (χ1n) is 13.0. The van der Waals surface area contributed by atoms with Gasteiger partial charge in [-0.05, 0) is 64.4 Å². The quantitative estimate of drug-likeness (QED) is 0.394. The zero-order valence-corrected chi connectivity index (χ0v) is 22.6. The van der Waals surface area contributed by atoms with Crippen molar-refractivity contribution in [2.45, 2.75) is 57.7 Å². The summed E-state index contributed by atoms with van der Waals surface area (Å²) >= 11 is 0. The maximum Gasteiger partial charge on any atom is 0.415 e. The van der Waals surface area contributed by atoms with Gasteiger partial charge in [-0.15, -0.1) is 0 Å². The third-order valence-corrected chi connectivity index (χ3v) is 7.19. The molecule has 212 valence electrons. The lowest BCUT2D eigenvalue weighted by atomic mass is 9.95. The highest BCUT2D eigenvalue weighted by molar-refractivity contribution is 5.90. The molecule has 0 saturated carbocycles. The topological polar surface area (TPSA) is 84.7 Å². The van der Waals surface area contributed by atoms with Crippen molar-refractivity contribution < 1.29 is 32.3 Å². The summed E-state index contributed by atoms with van der Waals surface area (Å²) in [6, 6.07) is 11.7. The second-order valence-corrected chi connectivity index (χ2v) is 11.0. The lowest BCUT2D eigenvalue weighted by Crippen LogP contribution is -2.36. The van der Waals surface area contributed by atoms with Crippen LogP contribution in [0.4, 0.5) is 23.7 Å². The standard InChI is InChI=1S/C28H31F3N4O2.CO2/c1-27(2,3)35-17-19(25(32-35)21-10-11-22(29)24(31)23(21)30)16-33-14-7-12-28(13-15-33)18-34(26(36)37-28)20-8-5-4-6-9-20;2-1-3/h4-6,8-11,17H,7,12-16,18H2,1-3H3;. The van der Waals surface area contributed by atoms with E-state index in [4.69, 9.17) is 14.3 Å². The van der Waals surface area contributed by atoms with E-state index in [9.17, 15) is 18.0 Å². The van der Waals surface area contributed by atoms with E-state index in [1.54, 1.807) is 9.58 Å². The van der Waals surface area contributed by atoms with E-state index in [0.717, 1.165) is 36.7 Å². The van der Waals surface area contributed by atoms with Gasteiger partial charge in [-0.3, -0.25) is 14.5 Å². The second-order valence-electron chi connectivity index (χ2n) is 11.0. The van der Waals surface area contributed by atoms with E-state index in [-0.39, 0.29) is 23.3 Å². The summed E-state index contributed by atoms with van der Waals surface area (Å²) < 4.78 is 50.1. The van der Waals surface area contributed by atoms with E-state index in [1.807, 2.05) is 57.3 Å². The predicted octanol–water partition coefficient (Wildman–Crippen LogP) is 5.52. The first-order chi connectivity index (χ1) is 19.0. The van der Waals surface area contributed by atoms with Crippen molar-refractivity contribution in [3.63, 3.8) is 0 Å². The molecule has 2 aliphatic heterocycles. The smallest absolute Gasteiger partial charge is 0.415 e. The maximum absolute atomic E-state index is 14.8. The van der Waals surface area contributed by atoms with Gasteiger partial charge < -0.3 is 4.74 Å². The molecule has 3 heterocycles. The highest BCUT2D eigenvalue weighted by Crippen LogP contribution is 2.37. The van der Waals surface area contributed by atoms with Crippen molar-refractivity contribution in [1.29, 1.82) is 0 Å². The Morgan fingerprint density at radius 3 is 2.38 bits per heavy atom. The molecule has 1 amide bonds. The summed E-state index contributed by atoms with van der Waals surface area (Å²) in [5.41, 5.74) is 0.832. The minimum atomic E-state index is -1.50. The van der Waals surface area contributed by atoms with Gasteiger partial charge in [0, 0.05) is 42.5 Å². The Balaban J connectivity index is 0.00000118. The molecular formula is C29H31F3N4O4. The van der Waals surface area contributed by atoms with E-state index in [2.05, 4.69) is 10.00 Å². The Kier molecular flexibility index (Phi) is 8.46. The van der Waals surface area contributed by atoms with Crippen molar-refractivity contribution in [2.24, 2.45) is 0 Å². The summed E-state index contributed by atoms with van der Waals surface area (Å²) in [6.45, 7) is 8.28. The molecule has 11 heteroatoms. The first kappa shape index (κ1) is 29.0. The highest BCUT2D eigenvalue weighted by Gasteiger charge is 2.46. The van der Waals surface area contributed by atoms with Crippen molar-refractivity contribution >= 4 is 17.9 Å². The van der Waals surface area contributed by atoms with Crippen molar-refractivity contribution in [3.8, 4) is 11.3 Å². The number of benzene rings is 2. The van der Waals surface area contributed by atoms with Crippen LogP contribution in [0.5, 0.6) is 0 Å². The lowest BCUT2D eigenvalue weighted by Gasteiger charge is -2.25. The summed E-state index contributed by atoms with van der Waals surface area (Å²) in [5, 5.41) is 4.58. The van der Waals surface area contributed by atoms with Crippen LogP contribution >= 0.6 is 0 Å². The molecule has 0 radical (unpaired) electrons. The lowest BCUT2D eigenvalue weighted by molar-refractivity contribution is -0.191. The number of halogens is 3. The van der Waals surface area contributed by atoms with Crippen LogP contribution in [0, 0.1) is 17.5 Å². The number of nitrogens with zero attached hydrogens (tertiary/aromatic N) is 4. The minimum absolute atomic E-state index is 0.0635. The number of rotatable bonds is 4. The van der Waals surface area contributed by atoms with Gasteiger partial charge >= 0.3 is 12.2 Å². The molecular weight excluding hydrogens is 525 g/mol. The first-order valence-corrected chi connectivity index (χ1v) is 13.0. The minimum Gasteiger partial charge on any atom is -0.441 e. The molecule has 0 bridgehead atoms. The Morgan fingerprint density at radius 1 is 1.00 bits per heavy atom. The van der Waals surface area contributed by atoms with Crippen LogP contribution in [0.3, 0.4) is 0 Å². The van der Waals surface area contributed by atoms with E-state index in [1.165, 1.54) is 6.07 Å². The molecule has 1 unspecified atom stereocenters. The van der Waals surface area contributed by atoms with Gasteiger partial charge in [0.1, 0.15) is 5.60 Å². The van der Waals surface area contributed by atoms with Crippen molar-refractivity contribution in [2.75, 3.05) is 24.5 Å². The normalized spacial score (nSPS) is 19.6. The van der Waals surface area contributed by atoms with Gasteiger partial charge in [-0.2, -0.15) is 14.7 Å². The summed E-state index contributed by atoms with van der Waals surface area (Å²) in [6.07, 6.45) is 3.98. The Hall–Kier alpha value is -3.95. The van der Waals surface area contributed by atoms with Gasteiger partial charge in [0.2, 0.25) is 0 Å². The van der Waals surface area contributed by atoms with Gasteiger partial charge in [0.15, 0.2) is 17.5 Å². The summed E-state index contributed by atoms with van der Waals surface area (Å²) in [4.78, 5) is 32.9. The van der Waals surface area contributed by atoms with Crippen LogP contribution < -0.4 is 4.90 Å². The summed E-state index contributed by atoms with van der Waals surface area (Å²) in [5.74, 6) is -3.97. The number of carbonyl (C=O) groups is 1. The average Bonchev–Trinajstić information content (AvgIpc) is 3.41. The van der Waals surface area contributed by atoms with Crippen LogP contribution in [-0.4, -0.2) is 52.2 Å². The fourth-order valence-corrected chi connectivity index (χ4v) is 5.12. The van der Waals surface area contributed by atoms with Gasteiger partial charge in [-0.1, -0.05) is 18.2 Å². The number of aromatic nitrogens is 2. The highest BCUT2D eigenvalue weighted by atomic mass is 19.2. The van der Waals surface area contributed by atoms with Crippen LogP contribution in [0.15, 0.2) is 48.7 Å². The number of carbonyl (C=O) groups excluding carboxylic acids is 3. The van der Waals surface area contributed by atoms with Crippen molar-refractivity contribution in [1.82, 2.24) is 14.7 Å². The van der Waals surface area contributed by atoms with Gasteiger partial charge in [0.25, 0.3) is 0 Å². The number of likely N-dealkylation sites (tertiary alicyclic amines) is 1. The number of para-hydroxylation sites is 1. The zero-order valence-electron chi connectivity index (χ0n) is 22.6. The number of anilines is 1. The van der Waals surface area contributed by atoms with Crippen LogP contribution in [-0.2, 0) is 26.4 Å². The molecule has 1 aromatic heterocycles. The third kappa shape index (κ3) is 6.11. The molecule has 0 N–H and O–H groups in total. The molecule has 1 spiro atoms. The SMILES string of the molecule is CC(C)(C)n1cc(CN2CCCC3(CC2)CN(c2ccccc2)C(=O)O3)c(-c2ccc(F)c(F)c2F)n1.O=C=O.